The summed E-state index contributed by atoms with van der Waals surface area (Å²) in [6.45, 7) is 6.32. The van der Waals surface area contributed by atoms with Gasteiger partial charge in [0.2, 0.25) is 5.91 Å². The van der Waals surface area contributed by atoms with Crippen molar-refractivity contribution >= 4 is 11.9 Å². The molecule has 0 radical (unpaired) electrons. The van der Waals surface area contributed by atoms with E-state index in [1.165, 1.54) is 12.1 Å². The Kier molecular flexibility index (Phi) is 9.49. The minimum Gasteiger partial charge on any atom is -0.356 e. The van der Waals surface area contributed by atoms with Gasteiger partial charge in [0.1, 0.15) is 5.82 Å². The Bertz CT molecular complexity index is 530. The fraction of sp³-hybridized carbons (Fsp3) is 0.556. The Balaban J connectivity index is 2.22. The lowest BCUT2D eigenvalue weighted by Crippen LogP contribution is -2.43. The predicted molar refractivity (Wildman–Crippen MR) is 96.6 cm³/mol. The highest BCUT2D eigenvalue weighted by atomic mass is 19.1. The first-order chi connectivity index (χ1) is 11.6. The lowest BCUT2D eigenvalue weighted by atomic mass is 10.0. The Hall–Kier alpha value is -2.11. The smallest absolute Gasteiger partial charge is 0.224 e. The molecule has 0 aliphatic carbocycles. The summed E-state index contributed by atoms with van der Waals surface area (Å²) in [5.41, 5.74) is 0.670. The molecule has 0 bridgehead atoms. The Morgan fingerprint density at radius 1 is 1.17 bits per heavy atom. The predicted octanol–water partition coefficient (Wildman–Crippen LogP) is 2.09. The Morgan fingerprint density at radius 2 is 1.88 bits per heavy atom. The van der Waals surface area contributed by atoms with Crippen molar-refractivity contribution in [1.29, 1.82) is 0 Å². The van der Waals surface area contributed by atoms with Gasteiger partial charge < -0.3 is 16.0 Å². The number of nitrogens with one attached hydrogen (secondary N) is 3. The standard InChI is InChI=1S/C18H29FN4O/c1-4-14(5-2)13-23-18(20-3)22-10-9-21-17(24)12-15-7-6-8-16(19)11-15/h6-8,11,14H,4-5,9-10,12-13H2,1-3H3,(H,21,24)(H2,20,22,23). The van der Waals surface area contributed by atoms with Crippen LogP contribution in [0, 0.1) is 11.7 Å². The number of carbonyl (C=O) groups excluding carboxylic acids is 1. The van der Waals surface area contributed by atoms with Gasteiger partial charge in [-0.1, -0.05) is 38.8 Å². The van der Waals surface area contributed by atoms with Crippen LogP contribution in [0.4, 0.5) is 4.39 Å². The second-order valence-corrected chi connectivity index (χ2v) is 5.72. The van der Waals surface area contributed by atoms with E-state index < -0.39 is 0 Å². The van der Waals surface area contributed by atoms with Crippen LogP contribution in [0.3, 0.4) is 0 Å². The largest absolute Gasteiger partial charge is 0.356 e. The molecule has 134 valence electrons. The normalized spacial score (nSPS) is 11.5. The van der Waals surface area contributed by atoms with Gasteiger partial charge in [-0.15, -0.1) is 0 Å². The van der Waals surface area contributed by atoms with Gasteiger partial charge in [-0.05, 0) is 23.6 Å². The second-order valence-electron chi connectivity index (χ2n) is 5.72. The Labute approximate surface area is 144 Å². The van der Waals surface area contributed by atoms with Crippen molar-refractivity contribution in [2.24, 2.45) is 10.9 Å². The van der Waals surface area contributed by atoms with Crippen LogP contribution in [0.2, 0.25) is 0 Å². The van der Waals surface area contributed by atoms with Gasteiger partial charge in [-0.25, -0.2) is 4.39 Å². The van der Waals surface area contributed by atoms with E-state index in [1.807, 2.05) is 0 Å². The van der Waals surface area contributed by atoms with Gasteiger partial charge in [0.15, 0.2) is 5.96 Å². The highest BCUT2D eigenvalue weighted by Crippen LogP contribution is 2.05. The maximum Gasteiger partial charge on any atom is 0.224 e. The molecule has 6 heteroatoms. The maximum atomic E-state index is 13.1. The van der Waals surface area contributed by atoms with Crippen LogP contribution in [0.25, 0.3) is 0 Å². The minimum absolute atomic E-state index is 0.123. The summed E-state index contributed by atoms with van der Waals surface area (Å²) in [6, 6.07) is 6.09. The molecule has 3 N–H and O–H groups in total. The summed E-state index contributed by atoms with van der Waals surface area (Å²) in [4.78, 5) is 16.0. The third-order valence-electron chi connectivity index (χ3n) is 3.93. The lowest BCUT2D eigenvalue weighted by Gasteiger charge is -2.16. The molecule has 24 heavy (non-hydrogen) atoms. The zero-order valence-corrected chi connectivity index (χ0v) is 14.9. The first-order valence-corrected chi connectivity index (χ1v) is 8.54. The molecule has 5 nitrogen and oxygen atoms in total. The van der Waals surface area contributed by atoms with Crippen LogP contribution >= 0.6 is 0 Å². The van der Waals surface area contributed by atoms with Crippen molar-refractivity contribution in [3.05, 3.63) is 35.6 Å². The van der Waals surface area contributed by atoms with E-state index in [0.717, 1.165) is 25.3 Å². The molecule has 0 atom stereocenters. The number of rotatable bonds is 9. The average Bonchev–Trinajstić information content (AvgIpc) is 2.57. The van der Waals surface area contributed by atoms with Crippen LogP contribution in [-0.2, 0) is 11.2 Å². The molecule has 0 saturated heterocycles. The van der Waals surface area contributed by atoms with Crippen molar-refractivity contribution < 1.29 is 9.18 Å². The molecule has 1 rings (SSSR count). The number of carbonyl (C=O) groups is 1. The zero-order chi connectivity index (χ0) is 17.8. The molecule has 0 heterocycles. The molecule has 1 aromatic rings. The summed E-state index contributed by atoms with van der Waals surface area (Å²) in [7, 11) is 1.73. The molecule has 1 amide bonds. The SMILES string of the molecule is CCC(CC)CNC(=NC)NCCNC(=O)Cc1cccc(F)c1. The van der Waals surface area contributed by atoms with Crippen molar-refractivity contribution in [2.45, 2.75) is 33.1 Å². The quantitative estimate of drug-likeness (QED) is 0.367. The van der Waals surface area contributed by atoms with E-state index in [0.29, 0.717) is 24.6 Å². The first kappa shape index (κ1) is 19.9. The minimum atomic E-state index is -0.325. The number of guanidine groups is 1. The van der Waals surface area contributed by atoms with Crippen molar-refractivity contribution in [3.8, 4) is 0 Å². The number of nitrogens with zero attached hydrogens (tertiary/aromatic N) is 1. The molecule has 0 aliphatic rings. The maximum absolute atomic E-state index is 13.1. The second kappa shape index (κ2) is 11.4. The summed E-state index contributed by atoms with van der Waals surface area (Å²) >= 11 is 0. The molecular weight excluding hydrogens is 307 g/mol. The highest BCUT2D eigenvalue weighted by Gasteiger charge is 2.06. The molecule has 1 aromatic carbocycles. The van der Waals surface area contributed by atoms with Crippen LogP contribution < -0.4 is 16.0 Å². The van der Waals surface area contributed by atoms with E-state index in [9.17, 15) is 9.18 Å². The summed E-state index contributed by atoms with van der Waals surface area (Å²) in [6.07, 6.45) is 2.45. The zero-order valence-electron chi connectivity index (χ0n) is 14.9. The van der Waals surface area contributed by atoms with Gasteiger partial charge in [0.05, 0.1) is 6.42 Å². The average molecular weight is 336 g/mol. The van der Waals surface area contributed by atoms with Gasteiger partial charge in [-0.3, -0.25) is 9.79 Å². The molecule has 0 spiro atoms. The third-order valence-corrected chi connectivity index (χ3v) is 3.93. The first-order valence-electron chi connectivity index (χ1n) is 8.54. The van der Waals surface area contributed by atoms with Crippen LogP contribution in [0.15, 0.2) is 29.3 Å². The lowest BCUT2D eigenvalue weighted by molar-refractivity contribution is -0.120. The molecular formula is C18H29FN4O. The number of aliphatic imine (C=N–C) groups is 1. The molecule has 0 fully saturated rings. The van der Waals surface area contributed by atoms with Crippen molar-refractivity contribution in [3.63, 3.8) is 0 Å². The number of halogens is 1. The third kappa shape index (κ3) is 7.94. The van der Waals surface area contributed by atoms with E-state index in [1.54, 1.807) is 19.2 Å². The summed E-state index contributed by atoms with van der Waals surface area (Å²) in [5, 5.41) is 9.27. The van der Waals surface area contributed by atoms with Gasteiger partial charge in [0.25, 0.3) is 0 Å². The van der Waals surface area contributed by atoms with Crippen LogP contribution in [-0.4, -0.2) is 38.5 Å². The fourth-order valence-electron chi connectivity index (χ4n) is 2.32. The van der Waals surface area contributed by atoms with E-state index >= 15 is 0 Å². The van der Waals surface area contributed by atoms with E-state index in [-0.39, 0.29) is 18.1 Å². The number of hydrogen-bond donors (Lipinski definition) is 3. The number of benzene rings is 1. The van der Waals surface area contributed by atoms with Crippen LogP contribution in [0.1, 0.15) is 32.3 Å². The molecule has 0 saturated carbocycles. The van der Waals surface area contributed by atoms with Gasteiger partial charge in [-0.2, -0.15) is 0 Å². The highest BCUT2D eigenvalue weighted by molar-refractivity contribution is 5.80. The monoisotopic (exact) mass is 336 g/mol. The molecule has 0 aromatic heterocycles. The van der Waals surface area contributed by atoms with Crippen molar-refractivity contribution in [1.82, 2.24) is 16.0 Å². The van der Waals surface area contributed by atoms with Gasteiger partial charge >= 0.3 is 0 Å². The number of amides is 1. The van der Waals surface area contributed by atoms with E-state index in [4.69, 9.17) is 0 Å². The summed E-state index contributed by atoms with van der Waals surface area (Å²) < 4.78 is 13.1. The molecule has 0 aliphatic heterocycles. The van der Waals surface area contributed by atoms with E-state index in [2.05, 4.69) is 34.8 Å². The fourth-order valence-corrected chi connectivity index (χ4v) is 2.32. The Morgan fingerprint density at radius 3 is 2.50 bits per heavy atom. The molecule has 0 unspecified atom stereocenters. The topological polar surface area (TPSA) is 65.5 Å². The number of hydrogen-bond acceptors (Lipinski definition) is 2. The van der Waals surface area contributed by atoms with Crippen molar-refractivity contribution in [2.75, 3.05) is 26.7 Å². The summed E-state index contributed by atoms with van der Waals surface area (Å²) in [5.74, 6) is 0.924. The van der Waals surface area contributed by atoms with Crippen LogP contribution in [0.5, 0.6) is 0 Å². The van der Waals surface area contributed by atoms with Gasteiger partial charge in [0, 0.05) is 26.7 Å².